The van der Waals surface area contributed by atoms with Crippen molar-refractivity contribution in [1.82, 2.24) is 0 Å². The lowest BCUT2D eigenvalue weighted by molar-refractivity contribution is -0.155. The highest BCUT2D eigenvalue weighted by Crippen LogP contribution is 2.20. The quantitative estimate of drug-likeness (QED) is 0.633. The zero-order valence-corrected chi connectivity index (χ0v) is 12.2. The van der Waals surface area contributed by atoms with Gasteiger partial charge in [-0.05, 0) is 39.3 Å². The molecule has 0 heterocycles. The monoisotopic (exact) mass is 264 g/mol. The van der Waals surface area contributed by atoms with Gasteiger partial charge in [-0.1, -0.05) is 25.5 Å². The maximum atomic E-state index is 12.1. The Morgan fingerprint density at radius 2 is 2.00 bits per heavy atom. The van der Waals surface area contributed by atoms with E-state index in [4.69, 9.17) is 10.5 Å². The van der Waals surface area contributed by atoms with Crippen LogP contribution in [0.2, 0.25) is 0 Å². The Bertz CT molecular complexity index is 424. The largest absolute Gasteiger partial charge is 0.458 e. The summed E-state index contributed by atoms with van der Waals surface area (Å²) in [6.07, 6.45) is 1.60. The molecule has 0 saturated heterocycles. The highest BCUT2D eigenvalue weighted by Gasteiger charge is 2.24. The first kappa shape index (κ1) is 15.3. The van der Waals surface area contributed by atoms with Crippen molar-refractivity contribution in [2.75, 3.05) is 11.1 Å². The van der Waals surface area contributed by atoms with Gasteiger partial charge in [-0.25, -0.2) is 4.79 Å². The summed E-state index contributed by atoms with van der Waals surface area (Å²) >= 11 is 0. The number of nitrogens with two attached hydrogens (primary N) is 1. The second-order valence-corrected chi connectivity index (χ2v) is 5.61. The summed E-state index contributed by atoms with van der Waals surface area (Å²) in [7, 11) is 0. The van der Waals surface area contributed by atoms with Crippen LogP contribution in [0.15, 0.2) is 24.3 Å². The molecule has 0 saturated carbocycles. The highest BCUT2D eigenvalue weighted by atomic mass is 16.6. The van der Waals surface area contributed by atoms with E-state index in [9.17, 15) is 4.79 Å². The van der Waals surface area contributed by atoms with Gasteiger partial charge in [0.15, 0.2) is 0 Å². The molecule has 0 unspecified atom stereocenters. The summed E-state index contributed by atoms with van der Waals surface area (Å²) in [5.41, 5.74) is 6.80. The molecule has 4 heteroatoms. The van der Waals surface area contributed by atoms with Gasteiger partial charge in [-0.3, -0.25) is 0 Å². The number of nitrogens with one attached hydrogen (secondary N) is 1. The summed E-state index contributed by atoms with van der Waals surface area (Å²) in [6, 6.07) is 7.05. The fourth-order valence-electron chi connectivity index (χ4n) is 1.73. The molecular weight excluding hydrogens is 240 g/mol. The predicted octanol–water partition coefficient (Wildman–Crippen LogP) is 3.19. The van der Waals surface area contributed by atoms with Gasteiger partial charge in [0.2, 0.25) is 0 Å². The van der Waals surface area contributed by atoms with Crippen LogP contribution in [0, 0.1) is 0 Å². The van der Waals surface area contributed by atoms with Crippen LogP contribution >= 0.6 is 0 Å². The van der Waals surface area contributed by atoms with Crippen molar-refractivity contribution >= 4 is 17.3 Å². The first-order valence-corrected chi connectivity index (χ1v) is 6.67. The van der Waals surface area contributed by atoms with Crippen LogP contribution in [0.3, 0.4) is 0 Å². The minimum atomic E-state index is -0.479. The van der Waals surface area contributed by atoms with Gasteiger partial charge in [-0.15, -0.1) is 0 Å². The number of carbonyl (C=O) groups is 1. The second-order valence-electron chi connectivity index (χ2n) is 5.61. The normalized spacial score (nSPS) is 12.8. The first-order valence-electron chi connectivity index (χ1n) is 6.67. The number of benzene rings is 1. The number of carbonyl (C=O) groups excluding carboxylic acids is 1. The molecule has 0 spiro atoms. The molecule has 0 amide bonds. The van der Waals surface area contributed by atoms with Gasteiger partial charge >= 0.3 is 5.97 Å². The highest BCUT2D eigenvalue weighted by molar-refractivity contribution is 5.81. The van der Waals surface area contributed by atoms with Crippen LogP contribution in [0.1, 0.15) is 40.5 Å². The van der Waals surface area contributed by atoms with Crippen molar-refractivity contribution in [1.29, 1.82) is 0 Å². The van der Waals surface area contributed by atoms with Crippen molar-refractivity contribution in [3.05, 3.63) is 24.3 Å². The second kappa shape index (κ2) is 6.45. The molecule has 19 heavy (non-hydrogen) atoms. The average molecular weight is 264 g/mol. The van der Waals surface area contributed by atoms with Crippen molar-refractivity contribution in [3.63, 3.8) is 0 Å². The molecule has 0 aromatic heterocycles. The summed E-state index contributed by atoms with van der Waals surface area (Å²) in [6.45, 7) is 7.63. The number of nitrogen functional groups attached to an aromatic ring is 1. The van der Waals surface area contributed by atoms with E-state index >= 15 is 0 Å². The third-order valence-corrected chi connectivity index (χ3v) is 2.56. The van der Waals surface area contributed by atoms with Crippen LogP contribution in [-0.2, 0) is 9.53 Å². The van der Waals surface area contributed by atoms with Gasteiger partial charge < -0.3 is 15.8 Å². The minimum absolute atomic E-state index is 0.238. The molecule has 0 aliphatic carbocycles. The van der Waals surface area contributed by atoms with Crippen molar-refractivity contribution in [2.45, 2.75) is 52.2 Å². The Morgan fingerprint density at radius 1 is 1.37 bits per heavy atom. The Kier molecular flexibility index (Phi) is 5.21. The Labute approximate surface area is 115 Å². The van der Waals surface area contributed by atoms with Gasteiger partial charge in [0, 0.05) is 0 Å². The van der Waals surface area contributed by atoms with E-state index < -0.39 is 5.60 Å². The maximum Gasteiger partial charge on any atom is 0.329 e. The Hall–Kier alpha value is -1.71. The van der Waals surface area contributed by atoms with Crippen LogP contribution in [0.4, 0.5) is 11.4 Å². The molecule has 0 aliphatic heterocycles. The summed E-state index contributed by atoms with van der Waals surface area (Å²) < 4.78 is 5.42. The number of hydrogen-bond donors (Lipinski definition) is 2. The average Bonchev–Trinajstić information content (AvgIpc) is 2.29. The summed E-state index contributed by atoms with van der Waals surface area (Å²) in [4.78, 5) is 12.1. The molecular formula is C15H24N2O2. The minimum Gasteiger partial charge on any atom is -0.458 e. The van der Waals surface area contributed by atoms with Crippen molar-refractivity contribution in [2.24, 2.45) is 0 Å². The zero-order chi connectivity index (χ0) is 14.5. The Balaban J connectivity index is 2.78. The molecule has 1 aromatic rings. The van der Waals surface area contributed by atoms with Crippen LogP contribution in [0.25, 0.3) is 0 Å². The van der Waals surface area contributed by atoms with E-state index in [-0.39, 0.29) is 12.0 Å². The lowest BCUT2D eigenvalue weighted by Crippen LogP contribution is -2.36. The van der Waals surface area contributed by atoms with Crippen molar-refractivity contribution < 1.29 is 9.53 Å². The number of anilines is 2. The Morgan fingerprint density at radius 3 is 2.53 bits per heavy atom. The topological polar surface area (TPSA) is 64.3 Å². The number of para-hydroxylation sites is 2. The third-order valence-electron chi connectivity index (χ3n) is 2.56. The standard InChI is InChI=1S/C15H24N2O2/c1-5-8-13(14(18)19-15(2,3)4)17-12-10-7-6-9-11(12)16/h6-7,9-10,13,17H,5,8,16H2,1-4H3/t13-/m0/s1. The number of ether oxygens (including phenoxy) is 1. The summed E-state index contributed by atoms with van der Waals surface area (Å²) in [5.74, 6) is -0.238. The van der Waals surface area contributed by atoms with Crippen molar-refractivity contribution in [3.8, 4) is 0 Å². The molecule has 3 N–H and O–H groups in total. The van der Waals surface area contributed by atoms with E-state index in [2.05, 4.69) is 5.32 Å². The molecule has 0 bridgehead atoms. The molecule has 106 valence electrons. The van der Waals surface area contributed by atoms with E-state index in [1.807, 2.05) is 45.9 Å². The van der Waals surface area contributed by atoms with Gasteiger partial charge in [0.1, 0.15) is 11.6 Å². The third kappa shape index (κ3) is 5.20. The van der Waals surface area contributed by atoms with Gasteiger partial charge in [-0.2, -0.15) is 0 Å². The first-order chi connectivity index (χ1) is 8.83. The smallest absolute Gasteiger partial charge is 0.329 e. The predicted molar refractivity (Wildman–Crippen MR) is 79.0 cm³/mol. The lowest BCUT2D eigenvalue weighted by atomic mass is 10.1. The molecule has 0 fully saturated rings. The number of esters is 1. The molecule has 1 rings (SSSR count). The molecule has 1 aromatic carbocycles. The molecule has 0 radical (unpaired) electrons. The number of hydrogen-bond acceptors (Lipinski definition) is 4. The molecule has 0 aliphatic rings. The van der Waals surface area contributed by atoms with E-state index in [1.54, 1.807) is 6.07 Å². The van der Waals surface area contributed by atoms with E-state index in [0.29, 0.717) is 12.1 Å². The fraction of sp³-hybridized carbons (Fsp3) is 0.533. The van der Waals surface area contributed by atoms with Crippen LogP contribution in [-0.4, -0.2) is 17.6 Å². The molecule has 1 atom stereocenters. The SMILES string of the molecule is CCC[C@H](Nc1ccccc1N)C(=O)OC(C)(C)C. The van der Waals surface area contributed by atoms with Crippen LogP contribution < -0.4 is 11.1 Å². The van der Waals surface area contributed by atoms with Gasteiger partial charge in [0.05, 0.1) is 11.4 Å². The van der Waals surface area contributed by atoms with E-state index in [1.165, 1.54) is 0 Å². The molecule has 4 nitrogen and oxygen atoms in total. The number of rotatable bonds is 5. The maximum absolute atomic E-state index is 12.1. The van der Waals surface area contributed by atoms with Gasteiger partial charge in [0.25, 0.3) is 0 Å². The summed E-state index contributed by atoms with van der Waals surface area (Å²) in [5, 5.41) is 3.17. The zero-order valence-electron chi connectivity index (χ0n) is 12.2. The lowest BCUT2D eigenvalue weighted by Gasteiger charge is -2.25. The fourth-order valence-corrected chi connectivity index (χ4v) is 1.73. The van der Waals surface area contributed by atoms with E-state index in [0.717, 1.165) is 12.1 Å². The van der Waals surface area contributed by atoms with Crippen LogP contribution in [0.5, 0.6) is 0 Å².